The van der Waals surface area contributed by atoms with Gasteiger partial charge < -0.3 is 0 Å². The Morgan fingerprint density at radius 1 is 1.00 bits per heavy atom. The number of nitrogens with one attached hydrogen (secondary N) is 1. The third-order valence-corrected chi connectivity index (χ3v) is 5.96. The van der Waals surface area contributed by atoms with Crippen molar-refractivity contribution in [2.24, 2.45) is 0 Å². The molecule has 0 amide bonds. The average Bonchev–Trinajstić information content (AvgIpc) is 2.44. The van der Waals surface area contributed by atoms with Crippen molar-refractivity contribution in [1.29, 1.82) is 0 Å². The molecule has 0 fully saturated rings. The molecule has 23 heavy (non-hydrogen) atoms. The van der Waals surface area contributed by atoms with Gasteiger partial charge in [0.25, 0.3) is 10.0 Å². The van der Waals surface area contributed by atoms with Gasteiger partial charge in [0.05, 0.1) is 20.8 Å². The highest BCUT2D eigenvalue weighted by molar-refractivity contribution is 7.92. The van der Waals surface area contributed by atoms with Crippen LogP contribution in [0.4, 0.5) is 5.69 Å². The number of anilines is 1. The van der Waals surface area contributed by atoms with Crippen molar-refractivity contribution < 1.29 is 8.42 Å². The summed E-state index contributed by atoms with van der Waals surface area (Å²) < 4.78 is 28.1. The van der Waals surface area contributed by atoms with E-state index in [4.69, 9.17) is 34.8 Å². The summed E-state index contributed by atoms with van der Waals surface area (Å²) in [7, 11) is -3.89. The molecule has 0 bridgehead atoms. The van der Waals surface area contributed by atoms with E-state index in [2.05, 4.69) is 4.72 Å². The maximum Gasteiger partial charge on any atom is 0.263 e. The van der Waals surface area contributed by atoms with E-state index >= 15 is 0 Å². The first-order valence-electron chi connectivity index (χ1n) is 6.90. The van der Waals surface area contributed by atoms with E-state index in [9.17, 15) is 8.42 Å². The minimum atomic E-state index is -3.89. The molecule has 2 aromatic carbocycles. The van der Waals surface area contributed by atoms with E-state index in [0.29, 0.717) is 5.69 Å². The third-order valence-electron chi connectivity index (χ3n) is 3.43. The molecule has 7 heteroatoms. The molecule has 0 radical (unpaired) electrons. The van der Waals surface area contributed by atoms with Crippen LogP contribution in [0.5, 0.6) is 0 Å². The summed E-state index contributed by atoms with van der Waals surface area (Å²) in [5.41, 5.74) is 2.30. The van der Waals surface area contributed by atoms with Crippen LogP contribution in [0.1, 0.15) is 30.9 Å². The van der Waals surface area contributed by atoms with E-state index in [1.165, 1.54) is 12.1 Å². The van der Waals surface area contributed by atoms with Crippen LogP contribution in [0.15, 0.2) is 35.2 Å². The smallest absolute Gasteiger partial charge is 0.263 e. The highest BCUT2D eigenvalue weighted by Crippen LogP contribution is 2.34. The number of halogens is 3. The van der Waals surface area contributed by atoms with Crippen LogP contribution in [-0.2, 0) is 10.0 Å². The van der Waals surface area contributed by atoms with Gasteiger partial charge in [-0.2, -0.15) is 0 Å². The van der Waals surface area contributed by atoms with E-state index in [0.717, 1.165) is 11.1 Å². The topological polar surface area (TPSA) is 46.2 Å². The molecule has 0 atom stereocenters. The summed E-state index contributed by atoms with van der Waals surface area (Å²) in [6, 6.07) is 8.21. The van der Waals surface area contributed by atoms with Crippen molar-refractivity contribution in [3.05, 3.63) is 56.5 Å². The first-order chi connectivity index (χ1) is 10.6. The van der Waals surface area contributed by atoms with Crippen LogP contribution in [-0.4, -0.2) is 8.42 Å². The van der Waals surface area contributed by atoms with Gasteiger partial charge in [0, 0.05) is 0 Å². The SMILES string of the molecule is Cc1cccc(C(C)C)c1NS(=O)(=O)c1cc(Cl)c(Cl)cc1Cl. The predicted molar refractivity (Wildman–Crippen MR) is 97.5 cm³/mol. The Hall–Kier alpha value is -0.940. The zero-order valence-electron chi connectivity index (χ0n) is 12.8. The molecule has 124 valence electrons. The number of sulfonamides is 1. The number of benzene rings is 2. The fourth-order valence-corrected chi connectivity index (χ4v) is 4.37. The quantitative estimate of drug-likeness (QED) is 0.660. The van der Waals surface area contributed by atoms with Gasteiger partial charge in [-0.15, -0.1) is 0 Å². The Balaban J connectivity index is 2.54. The Morgan fingerprint density at radius 3 is 2.22 bits per heavy atom. The monoisotopic (exact) mass is 391 g/mol. The highest BCUT2D eigenvalue weighted by atomic mass is 35.5. The summed E-state index contributed by atoms with van der Waals surface area (Å²) in [5, 5.41) is 0.353. The van der Waals surface area contributed by atoms with Gasteiger partial charge in [0.2, 0.25) is 0 Å². The lowest BCUT2D eigenvalue weighted by Gasteiger charge is -2.18. The first-order valence-corrected chi connectivity index (χ1v) is 9.52. The van der Waals surface area contributed by atoms with E-state index in [1.54, 1.807) is 0 Å². The largest absolute Gasteiger partial charge is 0.279 e. The molecule has 2 rings (SSSR count). The molecular weight excluding hydrogens is 377 g/mol. The zero-order chi connectivity index (χ0) is 17.4. The van der Waals surface area contributed by atoms with Crippen LogP contribution in [0.2, 0.25) is 15.1 Å². The number of para-hydroxylation sites is 1. The molecular formula is C16H16Cl3NO2S. The molecule has 0 aliphatic rings. The Morgan fingerprint density at radius 2 is 1.61 bits per heavy atom. The van der Waals surface area contributed by atoms with Gasteiger partial charge in [-0.05, 0) is 36.1 Å². The molecule has 2 aromatic rings. The van der Waals surface area contributed by atoms with Gasteiger partial charge in [0.15, 0.2) is 0 Å². The fourth-order valence-electron chi connectivity index (χ4n) is 2.21. The maximum atomic E-state index is 12.7. The van der Waals surface area contributed by atoms with Crippen molar-refractivity contribution in [2.75, 3.05) is 4.72 Å². The number of hydrogen-bond donors (Lipinski definition) is 1. The van der Waals surface area contributed by atoms with Crippen molar-refractivity contribution in [2.45, 2.75) is 31.6 Å². The van der Waals surface area contributed by atoms with Gasteiger partial charge in [-0.1, -0.05) is 66.8 Å². The van der Waals surface area contributed by atoms with Crippen LogP contribution in [0.3, 0.4) is 0 Å². The number of aryl methyl sites for hydroxylation is 1. The molecule has 0 saturated heterocycles. The second-order valence-electron chi connectivity index (χ2n) is 5.50. The standard InChI is InChI=1S/C16H16Cl3NO2S/c1-9(2)11-6-4-5-10(3)16(11)20-23(21,22)15-8-13(18)12(17)7-14(15)19/h4-9,20H,1-3H3. The Bertz CT molecular complexity index is 849. The lowest BCUT2D eigenvalue weighted by atomic mass is 9.99. The molecule has 0 spiro atoms. The predicted octanol–water partition coefficient (Wildman–Crippen LogP) is 5.88. The van der Waals surface area contributed by atoms with Crippen LogP contribution in [0, 0.1) is 6.92 Å². The molecule has 3 nitrogen and oxygen atoms in total. The Labute approximate surface area is 151 Å². The molecule has 0 heterocycles. The Kier molecular flexibility index (Phi) is 5.52. The summed E-state index contributed by atoms with van der Waals surface area (Å²) in [6.45, 7) is 5.84. The van der Waals surface area contributed by atoms with Gasteiger partial charge >= 0.3 is 0 Å². The van der Waals surface area contributed by atoms with Crippen LogP contribution in [0.25, 0.3) is 0 Å². The second-order valence-corrected chi connectivity index (χ2v) is 8.37. The number of rotatable bonds is 4. The summed E-state index contributed by atoms with van der Waals surface area (Å²) >= 11 is 17.8. The van der Waals surface area contributed by atoms with E-state index < -0.39 is 10.0 Å². The summed E-state index contributed by atoms with van der Waals surface area (Å²) in [6.07, 6.45) is 0. The van der Waals surface area contributed by atoms with Crippen LogP contribution < -0.4 is 4.72 Å². The van der Waals surface area contributed by atoms with E-state index in [-0.39, 0.29) is 25.9 Å². The van der Waals surface area contributed by atoms with Crippen LogP contribution >= 0.6 is 34.8 Å². The molecule has 0 unspecified atom stereocenters. The fraction of sp³-hybridized carbons (Fsp3) is 0.250. The van der Waals surface area contributed by atoms with Gasteiger partial charge in [-0.25, -0.2) is 8.42 Å². The molecule has 0 aliphatic carbocycles. The van der Waals surface area contributed by atoms with Crippen molar-refractivity contribution in [3.63, 3.8) is 0 Å². The van der Waals surface area contributed by atoms with Crippen molar-refractivity contribution in [3.8, 4) is 0 Å². The first kappa shape index (κ1) is 18.4. The number of hydrogen-bond acceptors (Lipinski definition) is 2. The summed E-state index contributed by atoms with van der Waals surface area (Å²) in [5.74, 6) is 0.164. The average molecular weight is 393 g/mol. The van der Waals surface area contributed by atoms with Crippen molar-refractivity contribution in [1.82, 2.24) is 0 Å². The highest BCUT2D eigenvalue weighted by Gasteiger charge is 2.22. The molecule has 0 aromatic heterocycles. The molecule has 0 aliphatic heterocycles. The molecule has 1 N–H and O–H groups in total. The lowest BCUT2D eigenvalue weighted by Crippen LogP contribution is -2.16. The summed E-state index contributed by atoms with van der Waals surface area (Å²) in [4.78, 5) is -0.105. The van der Waals surface area contributed by atoms with E-state index in [1.807, 2.05) is 39.0 Å². The molecule has 0 saturated carbocycles. The zero-order valence-corrected chi connectivity index (χ0v) is 15.9. The van der Waals surface area contributed by atoms with Crippen molar-refractivity contribution >= 4 is 50.5 Å². The maximum absolute atomic E-state index is 12.7. The minimum absolute atomic E-state index is 0.0200. The third kappa shape index (κ3) is 3.94. The lowest BCUT2D eigenvalue weighted by molar-refractivity contribution is 0.601. The van der Waals surface area contributed by atoms with Gasteiger partial charge in [-0.3, -0.25) is 4.72 Å². The normalized spacial score (nSPS) is 11.8. The second kappa shape index (κ2) is 6.89. The minimum Gasteiger partial charge on any atom is -0.279 e. The van der Waals surface area contributed by atoms with Gasteiger partial charge in [0.1, 0.15) is 4.90 Å².